The van der Waals surface area contributed by atoms with Crippen LogP contribution >= 0.6 is 15.9 Å². The molecule has 0 aromatic heterocycles. The number of rotatable bonds is 6. The first-order chi connectivity index (χ1) is 8.01. The third-order valence-electron chi connectivity index (χ3n) is 3.11. The number of ether oxygens (including phenoxy) is 1. The van der Waals surface area contributed by atoms with Gasteiger partial charge in [-0.1, -0.05) is 26.8 Å². The minimum absolute atomic E-state index is 0.178. The number of nitrogens with one attached hydrogen (secondary N) is 1. The second-order valence-electron chi connectivity index (χ2n) is 4.84. The molecule has 0 radical (unpaired) electrons. The average Bonchev–Trinajstić information content (AvgIpc) is 2.29. The van der Waals surface area contributed by atoms with Gasteiger partial charge in [0.2, 0.25) is 0 Å². The normalized spacial score (nSPS) is 11.6. The van der Waals surface area contributed by atoms with Gasteiger partial charge in [0.15, 0.2) is 0 Å². The first kappa shape index (κ1) is 14.5. The van der Waals surface area contributed by atoms with Crippen molar-refractivity contribution in [1.29, 1.82) is 0 Å². The molecule has 96 valence electrons. The van der Waals surface area contributed by atoms with Crippen molar-refractivity contribution < 1.29 is 4.74 Å². The smallest absolute Gasteiger partial charge is 0.133 e. The zero-order chi connectivity index (χ0) is 12.9. The predicted molar refractivity (Wildman–Crippen MR) is 76.9 cm³/mol. The van der Waals surface area contributed by atoms with Crippen LogP contribution in [0.15, 0.2) is 22.7 Å². The molecule has 0 aliphatic rings. The van der Waals surface area contributed by atoms with Gasteiger partial charge in [0.05, 0.1) is 11.6 Å². The number of benzene rings is 1. The van der Waals surface area contributed by atoms with Crippen LogP contribution in [0, 0.1) is 0 Å². The largest absolute Gasteiger partial charge is 0.496 e. The van der Waals surface area contributed by atoms with Gasteiger partial charge in [0.1, 0.15) is 5.75 Å². The Morgan fingerprint density at radius 2 is 2.06 bits per heavy atom. The van der Waals surface area contributed by atoms with E-state index in [1.165, 1.54) is 5.56 Å². The van der Waals surface area contributed by atoms with E-state index in [4.69, 9.17) is 4.74 Å². The fourth-order valence-corrected chi connectivity index (χ4v) is 2.35. The van der Waals surface area contributed by atoms with Gasteiger partial charge in [-0.15, -0.1) is 0 Å². The molecule has 3 heteroatoms. The number of hydrogen-bond acceptors (Lipinski definition) is 2. The minimum Gasteiger partial charge on any atom is -0.496 e. The summed E-state index contributed by atoms with van der Waals surface area (Å²) in [4.78, 5) is 0. The highest BCUT2D eigenvalue weighted by Crippen LogP contribution is 2.33. The van der Waals surface area contributed by atoms with E-state index in [1.807, 2.05) is 6.07 Å². The van der Waals surface area contributed by atoms with Gasteiger partial charge in [-0.05, 0) is 58.6 Å². The first-order valence-corrected chi connectivity index (χ1v) is 6.85. The summed E-state index contributed by atoms with van der Waals surface area (Å²) in [7, 11) is 1.69. The van der Waals surface area contributed by atoms with E-state index >= 15 is 0 Å². The van der Waals surface area contributed by atoms with E-state index in [-0.39, 0.29) is 5.41 Å². The maximum atomic E-state index is 5.25. The van der Waals surface area contributed by atoms with E-state index in [0.717, 1.165) is 29.7 Å². The van der Waals surface area contributed by atoms with Crippen LogP contribution in [-0.4, -0.2) is 20.2 Å². The van der Waals surface area contributed by atoms with Crippen molar-refractivity contribution in [1.82, 2.24) is 5.32 Å². The summed E-state index contributed by atoms with van der Waals surface area (Å²) in [6.45, 7) is 8.77. The van der Waals surface area contributed by atoms with Crippen molar-refractivity contribution >= 4 is 15.9 Å². The quantitative estimate of drug-likeness (QED) is 0.808. The van der Waals surface area contributed by atoms with Crippen molar-refractivity contribution in [2.75, 3.05) is 20.2 Å². The summed E-state index contributed by atoms with van der Waals surface area (Å²) in [5, 5.41) is 3.37. The lowest BCUT2D eigenvalue weighted by Gasteiger charge is -2.26. The molecule has 0 fully saturated rings. The molecule has 0 amide bonds. The molecule has 17 heavy (non-hydrogen) atoms. The molecule has 2 nitrogen and oxygen atoms in total. The van der Waals surface area contributed by atoms with E-state index in [2.05, 4.69) is 54.2 Å². The van der Waals surface area contributed by atoms with Gasteiger partial charge in [-0.3, -0.25) is 0 Å². The van der Waals surface area contributed by atoms with Gasteiger partial charge >= 0.3 is 0 Å². The van der Waals surface area contributed by atoms with Gasteiger partial charge in [0, 0.05) is 0 Å². The second kappa shape index (κ2) is 6.41. The molecule has 1 rings (SSSR count). The maximum Gasteiger partial charge on any atom is 0.133 e. The monoisotopic (exact) mass is 299 g/mol. The molecule has 0 aliphatic heterocycles. The molecule has 1 aromatic carbocycles. The highest BCUT2D eigenvalue weighted by Gasteiger charge is 2.20. The molecule has 0 heterocycles. The summed E-state index contributed by atoms with van der Waals surface area (Å²) in [6, 6.07) is 6.33. The SMILES string of the molecule is CCNCCC(C)(C)c1ccc(OC)c(Br)c1. The van der Waals surface area contributed by atoms with E-state index in [1.54, 1.807) is 7.11 Å². The highest BCUT2D eigenvalue weighted by molar-refractivity contribution is 9.10. The summed E-state index contributed by atoms with van der Waals surface area (Å²) < 4.78 is 6.27. The molecule has 0 saturated carbocycles. The number of halogens is 1. The lowest BCUT2D eigenvalue weighted by Crippen LogP contribution is -2.25. The van der Waals surface area contributed by atoms with Crippen LogP contribution in [0.5, 0.6) is 5.75 Å². The Bertz CT molecular complexity index is 363. The molecular formula is C14H22BrNO. The summed E-state index contributed by atoms with van der Waals surface area (Å²) in [5.41, 5.74) is 1.51. The summed E-state index contributed by atoms with van der Waals surface area (Å²) >= 11 is 3.54. The number of methoxy groups -OCH3 is 1. The zero-order valence-electron chi connectivity index (χ0n) is 11.1. The predicted octanol–water partition coefficient (Wildman–Crippen LogP) is 3.73. The molecule has 1 aromatic rings. The van der Waals surface area contributed by atoms with Gasteiger partial charge in [0.25, 0.3) is 0 Å². The molecular weight excluding hydrogens is 278 g/mol. The Hall–Kier alpha value is -0.540. The molecule has 0 aliphatic carbocycles. The van der Waals surface area contributed by atoms with Crippen LogP contribution in [0.25, 0.3) is 0 Å². The minimum atomic E-state index is 0.178. The Morgan fingerprint density at radius 3 is 2.59 bits per heavy atom. The van der Waals surface area contributed by atoms with Crippen LogP contribution in [0.4, 0.5) is 0 Å². The standard InChI is InChI=1S/C14H22BrNO/c1-5-16-9-8-14(2,3)11-6-7-13(17-4)12(15)10-11/h6-7,10,16H,5,8-9H2,1-4H3. The Kier molecular flexibility index (Phi) is 5.47. The summed E-state index contributed by atoms with van der Waals surface area (Å²) in [6.07, 6.45) is 1.12. The van der Waals surface area contributed by atoms with Crippen LogP contribution < -0.4 is 10.1 Å². The molecule has 0 bridgehead atoms. The molecule has 0 spiro atoms. The third-order valence-corrected chi connectivity index (χ3v) is 3.73. The molecule has 0 atom stereocenters. The third kappa shape index (κ3) is 4.00. The average molecular weight is 300 g/mol. The van der Waals surface area contributed by atoms with Crippen molar-refractivity contribution in [3.05, 3.63) is 28.2 Å². The lowest BCUT2D eigenvalue weighted by atomic mass is 9.81. The number of hydrogen-bond donors (Lipinski definition) is 1. The van der Waals surface area contributed by atoms with Crippen LogP contribution in [-0.2, 0) is 5.41 Å². The van der Waals surface area contributed by atoms with Crippen LogP contribution in [0.3, 0.4) is 0 Å². The van der Waals surface area contributed by atoms with Gasteiger partial charge in [-0.2, -0.15) is 0 Å². The zero-order valence-corrected chi connectivity index (χ0v) is 12.7. The van der Waals surface area contributed by atoms with Crippen LogP contribution in [0.1, 0.15) is 32.8 Å². The first-order valence-electron chi connectivity index (χ1n) is 6.06. The molecule has 0 unspecified atom stereocenters. The Morgan fingerprint density at radius 1 is 1.35 bits per heavy atom. The van der Waals surface area contributed by atoms with E-state index in [0.29, 0.717) is 0 Å². The van der Waals surface area contributed by atoms with E-state index in [9.17, 15) is 0 Å². The topological polar surface area (TPSA) is 21.3 Å². The maximum absolute atomic E-state index is 5.25. The van der Waals surface area contributed by atoms with E-state index < -0.39 is 0 Å². The van der Waals surface area contributed by atoms with Gasteiger partial charge in [-0.25, -0.2) is 0 Å². The Balaban J connectivity index is 2.80. The van der Waals surface area contributed by atoms with Crippen molar-refractivity contribution in [3.63, 3.8) is 0 Å². The Labute approximate surface area is 113 Å². The highest BCUT2D eigenvalue weighted by atomic mass is 79.9. The molecule has 1 N–H and O–H groups in total. The van der Waals surface area contributed by atoms with Crippen molar-refractivity contribution in [2.45, 2.75) is 32.6 Å². The van der Waals surface area contributed by atoms with Crippen molar-refractivity contribution in [2.24, 2.45) is 0 Å². The molecule has 0 saturated heterocycles. The van der Waals surface area contributed by atoms with Crippen molar-refractivity contribution in [3.8, 4) is 5.75 Å². The summed E-state index contributed by atoms with van der Waals surface area (Å²) in [5.74, 6) is 0.885. The fourth-order valence-electron chi connectivity index (χ4n) is 1.81. The second-order valence-corrected chi connectivity index (χ2v) is 5.69. The van der Waals surface area contributed by atoms with Gasteiger partial charge < -0.3 is 10.1 Å². The fraction of sp³-hybridized carbons (Fsp3) is 0.571. The lowest BCUT2D eigenvalue weighted by molar-refractivity contribution is 0.410. The van der Waals surface area contributed by atoms with Crippen LogP contribution in [0.2, 0.25) is 0 Å².